The molecule has 0 saturated heterocycles. The Bertz CT molecular complexity index is 670. The van der Waals surface area contributed by atoms with Gasteiger partial charge in [-0.15, -0.1) is 0 Å². The Kier molecular flexibility index (Phi) is 5.86. The summed E-state index contributed by atoms with van der Waals surface area (Å²) in [6, 6.07) is 12.9. The van der Waals surface area contributed by atoms with Gasteiger partial charge in [0.1, 0.15) is 19.0 Å². The molecule has 0 aliphatic heterocycles. The Labute approximate surface area is 136 Å². The van der Waals surface area contributed by atoms with Crippen LogP contribution in [0.5, 0.6) is 17.2 Å². The van der Waals surface area contributed by atoms with Gasteiger partial charge in [0.15, 0.2) is 11.5 Å². The highest BCUT2D eigenvalue weighted by molar-refractivity contribution is 5.96. The molecule has 1 amide bonds. The summed E-state index contributed by atoms with van der Waals surface area (Å²) >= 11 is 0. The lowest BCUT2D eigenvalue weighted by molar-refractivity contribution is 0.0994. The first kappa shape index (κ1) is 16.7. The van der Waals surface area contributed by atoms with E-state index < -0.39 is 5.91 Å². The normalized spacial score (nSPS) is 10.2. The average molecular weight is 315 g/mol. The number of hydrogen-bond donors (Lipinski definition) is 1. The molecule has 0 bridgehead atoms. The van der Waals surface area contributed by atoms with E-state index in [0.717, 1.165) is 12.2 Å². The van der Waals surface area contributed by atoms with Gasteiger partial charge < -0.3 is 19.9 Å². The van der Waals surface area contributed by atoms with Crippen molar-refractivity contribution in [2.24, 2.45) is 5.73 Å². The highest BCUT2D eigenvalue weighted by atomic mass is 16.5. The highest BCUT2D eigenvalue weighted by Gasteiger charge is 2.14. The molecule has 0 aliphatic carbocycles. The largest absolute Gasteiger partial charge is 0.493 e. The van der Waals surface area contributed by atoms with Crippen molar-refractivity contribution in [3.05, 3.63) is 53.6 Å². The lowest BCUT2D eigenvalue weighted by Gasteiger charge is -2.14. The van der Waals surface area contributed by atoms with E-state index in [0.29, 0.717) is 18.1 Å². The summed E-state index contributed by atoms with van der Waals surface area (Å²) in [6.07, 6.45) is 0.955. The second-order valence-electron chi connectivity index (χ2n) is 4.90. The van der Waals surface area contributed by atoms with Crippen LogP contribution in [0.3, 0.4) is 0 Å². The van der Waals surface area contributed by atoms with E-state index in [4.69, 9.17) is 19.9 Å². The molecule has 2 aromatic carbocycles. The molecule has 0 unspecified atom stereocenters. The maximum absolute atomic E-state index is 11.5. The number of rotatable bonds is 8. The Morgan fingerprint density at radius 1 is 1.09 bits per heavy atom. The van der Waals surface area contributed by atoms with Crippen molar-refractivity contribution in [3.8, 4) is 17.2 Å². The van der Waals surface area contributed by atoms with Gasteiger partial charge in [-0.05, 0) is 36.2 Å². The monoisotopic (exact) mass is 315 g/mol. The summed E-state index contributed by atoms with van der Waals surface area (Å²) in [4.78, 5) is 11.5. The van der Waals surface area contributed by atoms with Gasteiger partial charge in [0.2, 0.25) is 0 Å². The quantitative estimate of drug-likeness (QED) is 0.760. The van der Waals surface area contributed by atoms with Crippen LogP contribution >= 0.6 is 0 Å². The number of carbonyl (C=O) groups is 1. The van der Waals surface area contributed by atoms with Crippen molar-refractivity contribution in [1.29, 1.82) is 0 Å². The standard InChI is InChI=1S/C18H21NO4/c1-3-13-6-4-7-14(12-13)22-10-11-23-17-15(18(19)20)8-5-9-16(17)21-2/h4-9,12H,3,10-11H2,1-2H3,(H2,19,20). The molecular weight excluding hydrogens is 294 g/mol. The van der Waals surface area contributed by atoms with Crippen LogP contribution in [0.1, 0.15) is 22.8 Å². The number of amides is 1. The van der Waals surface area contributed by atoms with Crippen LogP contribution in [0.4, 0.5) is 0 Å². The maximum Gasteiger partial charge on any atom is 0.252 e. The molecular formula is C18H21NO4. The molecule has 0 atom stereocenters. The predicted molar refractivity (Wildman–Crippen MR) is 88.3 cm³/mol. The van der Waals surface area contributed by atoms with Crippen LogP contribution in [-0.2, 0) is 6.42 Å². The number of primary amides is 1. The zero-order valence-electron chi connectivity index (χ0n) is 13.4. The number of nitrogens with two attached hydrogens (primary N) is 1. The van der Waals surface area contributed by atoms with Gasteiger partial charge in [0, 0.05) is 0 Å². The summed E-state index contributed by atoms with van der Waals surface area (Å²) in [5.74, 6) is 1.04. The van der Waals surface area contributed by atoms with Crippen molar-refractivity contribution in [3.63, 3.8) is 0 Å². The number of benzene rings is 2. The number of para-hydroxylation sites is 1. The van der Waals surface area contributed by atoms with E-state index in [2.05, 4.69) is 13.0 Å². The van der Waals surface area contributed by atoms with Crippen molar-refractivity contribution >= 4 is 5.91 Å². The first-order chi connectivity index (χ1) is 11.2. The third-order valence-corrected chi connectivity index (χ3v) is 3.37. The Hall–Kier alpha value is -2.69. The minimum absolute atomic E-state index is 0.275. The number of carbonyl (C=O) groups excluding carboxylic acids is 1. The van der Waals surface area contributed by atoms with Gasteiger partial charge >= 0.3 is 0 Å². The average Bonchev–Trinajstić information content (AvgIpc) is 2.58. The molecule has 2 N–H and O–H groups in total. The summed E-state index contributed by atoms with van der Waals surface area (Å²) in [5, 5.41) is 0. The lowest BCUT2D eigenvalue weighted by Crippen LogP contribution is -2.16. The molecule has 0 heterocycles. The zero-order chi connectivity index (χ0) is 16.7. The van der Waals surface area contributed by atoms with Crippen LogP contribution in [0.15, 0.2) is 42.5 Å². The van der Waals surface area contributed by atoms with Gasteiger partial charge in [0.25, 0.3) is 5.91 Å². The molecule has 0 saturated carbocycles. The molecule has 2 aromatic rings. The van der Waals surface area contributed by atoms with Gasteiger partial charge in [-0.3, -0.25) is 4.79 Å². The molecule has 5 heteroatoms. The molecule has 122 valence electrons. The molecule has 5 nitrogen and oxygen atoms in total. The number of methoxy groups -OCH3 is 1. The fourth-order valence-electron chi connectivity index (χ4n) is 2.18. The molecule has 0 aromatic heterocycles. The highest BCUT2D eigenvalue weighted by Crippen LogP contribution is 2.30. The van der Waals surface area contributed by atoms with Crippen LogP contribution in [0, 0.1) is 0 Å². The van der Waals surface area contributed by atoms with E-state index in [1.807, 2.05) is 18.2 Å². The van der Waals surface area contributed by atoms with Crippen LogP contribution in [0.25, 0.3) is 0 Å². The number of ether oxygens (including phenoxy) is 3. The van der Waals surface area contributed by atoms with Crippen molar-refractivity contribution in [2.75, 3.05) is 20.3 Å². The summed E-state index contributed by atoms with van der Waals surface area (Å²) in [6.45, 7) is 2.72. The number of aryl methyl sites for hydroxylation is 1. The Morgan fingerprint density at radius 2 is 1.83 bits per heavy atom. The van der Waals surface area contributed by atoms with E-state index in [1.165, 1.54) is 12.7 Å². The molecule has 0 spiro atoms. The topological polar surface area (TPSA) is 70.8 Å². The van der Waals surface area contributed by atoms with E-state index in [-0.39, 0.29) is 12.2 Å². The Morgan fingerprint density at radius 3 is 2.52 bits per heavy atom. The first-order valence-electron chi connectivity index (χ1n) is 7.47. The van der Waals surface area contributed by atoms with Gasteiger partial charge in [-0.25, -0.2) is 0 Å². The third-order valence-electron chi connectivity index (χ3n) is 3.37. The van der Waals surface area contributed by atoms with E-state index in [9.17, 15) is 4.79 Å². The second kappa shape index (κ2) is 8.08. The van der Waals surface area contributed by atoms with Crippen LogP contribution in [-0.4, -0.2) is 26.2 Å². The summed E-state index contributed by atoms with van der Waals surface area (Å²) in [7, 11) is 1.51. The summed E-state index contributed by atoms with van der Waals surface area (Å²) < 4.78 is 16.5. The van der Waals surface area contributed by atoms with Crippen molar-refractivity contribution in [2.45, 2.75) is 13.3 Å². The first-order valence-corrected chi connectivity index (χ1v) is 7.47. The molecule has 0 radical (unpaired) electrons. The molecule has 0 fully saturated rings. The van der Waals surface area contributed by atoms with Gasteiger partial charge in [-0.2, -0.15) is 0 Å². The fraction of sp³-hybridized carbons (Fsp3) is 0.278. The second-order valence-corrected chi connectivity index (χ2v) is 4.90. The third kappa shape index (κ3) is 4.39. The van der Waals surface area contributed by atoms with Crippen molar-refractivity contribution in [1.82, 2.24) is 0 Å². The minimum atomic E-state index is -0.560. The number of hydrogen-bond acceptors (Lipinski definition) is 4. The Balaban J connectivity index is 1.97. The molecule has 2 rings (SSSR count). The molecule has 0 aliphatic rings. The predicted octanol–water partition coefficient (Wildman–Crippen LogP) is 2.81. The van der Waals surface area contributed by atoms with Crippen LogP contribution in [0.2, 0.25) is 0 Å². The molecule has 23 heavy (non-hydrogen) atoms. The maximum atomic E-state index is 11.5. The summed E-state index contributed by atoms with van der Waals surface area (Å²) in [5.41, 5.74) is 6.86. The van der Waals surface area contributed by atoms with E-state index in [1.54, 1.807) is 18.2 Å². The smallest absolute Gasteiger partial charge is 0.252 e. The SMILES string of the molecule is CCc1cccc(OCCOc2c(OC)cccc2C(N)=O)c1. The lowest BCUT2D eigenvalue weighted by atomic mass is 10.2. The zero-order valence-corrected chi connectivity index (χ0v) is 13.4. The van der Waals surface area contributed by atoms with Gasteiger partial charge in [-0.1, -0.05) is 25.1 Å². The van der Waals surface area contributed by atoms with E-state index >= 15 is 0 Å². The fourth-order valence-corrected chi connectivity index (χ4v) is 2.18. The van der Waals surface area contributed by atoms with Gasteiger partial charge in [0.05, 0.1) is 12.7 Å². The van der Waals surface area contributed by atoms with Crippen molar-refractivity contribution < 1.29 is 19.0 Å². The minimum Gasteiger partial charge on any atom is -0.493 e. The van der Waals surface area contributed by atoms with Crippen LogP contribution < -0.4 is 19.9 Å².